The number of carbonyl (C=O) groups excluding carboxylic acids is 1. The SMILES string of the molecule is Cc1ccc(CNC[C@@]2(O)CC[C@@]3(C)[C@@H](CC[C@@H]4[C@@H]3CC[C@]3(C)C(=O)CC[C@@H]43)C2)cc1. The van der Waals surface area contributed by atoms with Crippen LogP contribution in [-0.4, -0.2) is 23.0 Å². The van der Waals surface area contributed by atoms with E-state index in [0.717, 1.165) is 56.9 Å². The maximum atomic E-state index is 12.6. The highest BCUT2D eigenvalue weighted by Gasteiger charge is 2.61. The normalized spacial score (nSPS) is 44.5. The molecule has 3 nitrogen and oxygen atoms in total. The molecule has 0 bridgehead atoms. The minimum Gasteiger partial charge on any atom is -0.389 e. The summed E-state index contributed by atoms with van der Waals surface area (Å²) in [6.45, 7) is 8.44. The summed E-state index contributed by atoms with van der Waals surface area (Å²) >= 11 is 0. The molecule has 0 spiro atoms. The number of Topliss-reactive ketones (excluding diaryl/α,β-unsaturated/α-hetero) is 1. The molecule has 2 N–H and O–H groups in total. The number of hydrogen-bond acceptors (Lipinski definition) is 3. The second-order valence-electron chi connectivity index (χ2n) is 12.1. The average Bonchev–Trinajstić information content (AvgIpc) is 3.05. The molecule has 0 unspecified atom stereocenters. The molecule has 1 aromatic carbocycles. The van der Waals surface area contributed by atoms with Gasteiger partial charge < -0.3 is 10.4 Å². The number of rotatable bonds is 4. The second kappa shape index (κ2) is 7.70. The average molecular weight is 424 g/mol. The molecule has 31 heavy (non-hydrogen) atoms. The van der Waals surface area contributed by atoms with Gasteiger partial charge in [0.15, 0.2) is 0 Å². The van der Waals surface area contributed by atoms with Crippen molar-refractivity contribution in [2.45, 2.75) is 90.7 Å². The molecule has 0 radical (unpaired) electrons. The molecule has 4 aliphatic rings. The monoisotopic (exact) mass is 423 g/mol. The van der Waals surface area contributed by atoms with Gasteiger partial charge in [0.2, 0.25) is 0 Å². The molecule has 0 amide bonds. The lowest BCUT2D eigenvalue weighted by Gasteiger charge is -2.61. The first-order chi connectivity index (χ1) is 14.7. The first-order valence-corrected chi connectivity index (χ1v) is 12.8. The maximum Gasteiger partial charge on any atom is 0.139 e. The smallest absolute Gasteiger partial charge is 0.139 e. The van der Waals surface area contributed by atoms with Gasteiger partial charge >= 0.3 is 0 Å². The maximum absolute atomic E-state index is 12.6. The van der Waals surface area contributed by atoms with Crippen molar-refractivity contribution in [2.75, 3.05) is 6.54 Å². The van der Waals surface area contributed by atoms with Gasteiger partial charge in [-0.15, -0.1) is 0 Å². The minimum atomic E-state index is -0.575. The molecule has 7 atom stereocenters. The molecule has 3 heteroatoms. The Kier molecular flexibility index (Phi) is 5.37. The van der Waals surface area contributed by atoms with Gasteiger partial charge in [0.05, 0.1) is 5.60 Å². The molecular weight excluding hydrogens is 382 g/mol. The highest BCUT2D eigenvalue weighted by Crippen LogP contribution is 2.66. The molecule has 170 valence electrons. The van der Waals surface area contributed by atoms with Gasteiger partial charge in [-0.2, -0.15) is 0 Å². The number of aliphatic hydroxyl groups is 1. The predicted molar refractivity (Wildman–Crippen MR) is 125 cm³/mol. The van der Waals surface area contributed by atoms with Gasteiger partial charge in [-0.25, -0.2) is 0 Å². The highest BCUT2D eigenvalue weighted by molar-refractivity contribution is 5.87. The van der Waals surface area contributed by atoms with Crippen LogP contribution in [0.25, 0.3) is 0 Å². The number of carbonyl (C=O) groups is 1. The van der Waals surface area contributed by atoms with Crippen molar-refractivity contribution in [3.05, 3.63) is 35.4 Å². The molecule has 4 fully saturated rings. The van der Waals surface area contributed by atoms with E-state index in [2.05, 4.69) is 50.4 Å². The van der Waals surface area contributed by atoms with Crippen LogP contribution in [0.4, 0.5) is 0 Å². The topological polar surface area (TPSA) is 49.3 Å². The van der Waals surface area contributed by atoms with Crippen LogP contribution >= 0.6 is 0 Å². The Morgan fingerprint density at radius 2 is 1.77 bits per heavy atom. The Hall–Kier alpha value is -1.19. The van der Waals surface area contributed by atoms with Crippen LogP contribution in [0.5, 0.6) is 0 Å². The molecule has 5 rings (SSSR count). The third-order valence-electron chi connectivity index (χ3n) is 10.4. The Labute approximate surface area is 188 Å². The summed E-state index contributed by atoms with van der Waals surface area (Å²) in [6.07, 6.45) is 9.76. The Balaban J connectivity index is 1.23. The summed E-state index contributed by atoms with van der Waals surface area (Å²) < 4.78 is 0. The van der Waals surface area contributed by atoms with Crippen LogP contribution in [0, 0.1) is 41.4 Å². The lowest BCUT2D eigenvalue weighted by atomic mass is 9.44. The second-order valence-corrected chi connectivity index (χ2v) is 12.1. The van der Waals surface area contributed by atoms with Crippen molar-refractivity contribution in [1.29, 1.82) is 0 Å². The minimum absolute atomic E-state index is 0.0281. The quantitative estimate of drug-likeness (QED) is 0.679. The van der Waals surface area contributed by atoms with Crippen molar-refractivity contribution in [2.24, 2.45) is 34.5 Å². The Morgan fingerprint density at radius 3 is 2.55 bits per heavy atom. The first kappa shape index (κ1) is 21.6. The number of benzene rings is 1. The summed E-state index contributed by atoms with van der Waals surface area (Å²) in [6, 6.07) is 8.67. The highest BCUT2D eigenvalue weighted by atomic mass is 16.3. The molecule has 0 heterocycles. The largest absolute Gasteiger partial charge is 0.389 e. The molecule has 4 aliphatic carbocycles. The fourth-order valence-electron chi connectivity index (χ4n) is 8.40. The number of aryl methyl sites for hydroxylation is 1. The summed E-state index contributed by atoms with van der Waals surface area (Å²) in [5.74, 6) is 3.27. The van der Waals surface area contributed by atoms with Crippen LogP contribution in [0.3, 0.4) is 0 Å². The van der Waals surface area contributed by atoms with Gasteiger partial charge in [0.1, 0.15) is 5.78 Å². The molecule has 0 aromatic heterocycles. The van der Waals surface area contributed by atoms with E-state index >= 15 is 0 Å². The fourth-order valence-corrected chi connectivity index (χ4v) is 8.40. The standard InChI is InChI=1S/C28H41NO2/c1-19-4-6-20(7-5-19)17-29-18-28(31)15-14-26(2)21(16-28)8-9-22-23-10-11-25(30)27(23,3)13-12-24(22)26/h4-7,21-24,29,31H,8-18H2,1-3H3/t21-,22-,23-,24-,26-,27-,28+/m0/s1. The lowest BCUT2D eigenvalue weighted by molar-refractivity contribution is -0.153. The molecule has 4 saturated carbocycles. The number of nitrogens with one attached hydrogen (secondary N) is 1. The van der Waals surface area contributed by atoms with E-state index in [0.29, 0.717) is 29.6 Å². The van der Waals surface area contributed by atoms with Crippen LogP contribution in [0.15, 0.2) is 24.3 Å². The van der Waals surface area contributed by atoms with E-state index in [1.54, 1.807) is 0 Å². The summed E-state index contributed by atoms with van der Waals surface area (Å²) in [4.78, 5) is 12.6. The molecular formula is C28H41NO2. The number of hydrogen-bond donors (Lipinski definition) is 2. The predicted octanol–water partition coefficient (Wildman–Crippen LogP) is 5.43. The fraction of sp³-hybridized carbons (Fsp3) is 0.750. The summed E-state index contributed by atoms with van der Waals surface area (Å²) in [5.41, 5.74) is 2.31. The van der Waals surface area contributed by atoms with Gasteiger partial charge in [0, 0.05) is 24.9 Å². The molecule has 1 aromatic rings. The molecule has 0 aliphatic heterocycles. The van der Waals surface area contributed by atoms with Crippen molar-refractivity contribution in [3.63, 3.8) is 0 Å². The van der Waals surface area contributed by atoms with E-state index in [1.807, 2.05) is 0 Å². The zero-order valence-corrected chi connectivity index (χ0v) is 19.8. The van der Waals surface area contributed by atoms with Crippen molar-refractivity contribution in [1.82, 2.24) is 5.32 Å². The third kappa shape index (κ3) is 3.60. The number of ketones is 1. The zero-order valence-electron chi connectivity index (χ0n) is 19.8. The van der Waals surface area contributed by atoms with E-state index in [-0.39, 0.29) is 5.41 Å². The summed E-state index contributed by atoms with van der Waals surface area (Å²) in [7, 11) is 0. The van der Waals surface area contributed by atoms with Crippen LogP contribution in [0.1, 0.15) is 82.8 Å². The van der Waals surface area contributed by atoms with E-state index in [9.17, 15) is 9.90 Å². The van der Waals surface area contributed by atoms with Gasteiger partial charge in [-0.05, 0) is 92.9 Å². The van der Waals surface area contributed by atoms with Crippen molar-refractivity contribution >= 4 is 5.78 Å². The van der Waals surface area contributed by atoms with Crippen molar-refractivity contribution in [3.8, 4) is 0 Å². The Bertz CT molecular complexity index is 834. The summed E-state index contributed by atoms with van der Waals surface area (Å²) in [5, 5.41) is 15.0. The number of fused-ring (bicyclic) bond motifs is 5. The third-order valence-corrected chi connectivity index (χ3v) is 10.4. The zero-order chi connectivity index (χ0) is 21.9. The lowest BCUT2D eigenvalue weighted by Crippen LogP contribution is -2.57. The van der Waals surface area contributed by atoms with Gasteiger partial charge in [0.25, 0.3) is 0 Å². The van der Waals surface area contributed by atoms with Gasteiger partial charge in [-0.1, -0.05) is 43.7 Å². The Morgan fingerprint density at radius 1 is 1.00 bits per heavy atom. The van der Waals surface area contributed by atoms with Crippen LogP contribution < -0.4 is 5.32 Å². The van der Waals surface area contributed by atoms with Crippen molar-refractivity contribution < 1.29 is 9.90 Å². The van der Waals surface area contributed by atoms with E-state index in [1.165, 1.54) is 30.4 Å². The van der Waals surface area contributed by atoms with E-state index < -0.39 is 5.60 Å². The van der Waals surface area contributed by atoms with E-state index in [4.69, 9.17) is 0 Å². The first-order valence-electron chi connectivity index (χ1n) is 12.8. The van der Waals surface area contributed by atoms with Gasteiger partial charge in [-0.3, -0.25) is 4.79 Å². The molecule has 0 saturated heterocycles. The van der Waals surface area contributed by atoms with Crippen LogP contribution in [0.2, 0.25) is 0 Å². The van der Waals surface area contributed by atoms with Crippen LogP contribution in [-0.2, 0) is 11.3 Å².